The van der Waals surface area contributed by atoms with Crippen LogP contribution in [0.4, 0.5) is 8.78 Å². The average Bonchev–Trinajstić information content (AvgIpc) is 3.57. The van der Waals surface area contributed by atoms with Crippen LogP contribution in [-0.4, -0.2) is 85.4 Å². The Bertz CT molecular complexity index is 1830. The normalized spacial score (nSPS) is 30.7. The van der Waals surface area contributed by atoms with Gasteiger partial charge in [-0.25, -0.2) is 22.8 Å². The molecule has 258 valence electrons. The summed E-state index contributed by atoms with van der Waals surface area (Å²) in [5.41, 5.74) is -1.80. The molecule has 6 bridgehead atoms. The number of cyclic esters (lactones) is 1. The van der Waals surface area contributed by atoms with E-state index in [1.165, 1.54) is 24.6 Å². The van der Waals surface area contributed by atoms with Gasteiger partial charge in [0.1, 0.15) is 42.0 Å². The summed E-state index contributed by atoms with van der Waals surface area (Å²) in [6.07, 6.45) is -1.41. The van der Waals surface area contributed by atoms with Gasteiger partial charge in [-0.05, 0) is 56.0 Å². The molecule has 0 amide bonds. The van der Waals surface area contributed by atoms with Gasteiger partial charge in [0, 0.05) is 6.42 Å². The number of rotatable bonds is 2. The van der Waals surface area contributed by atoms with Gasteiger partial charge in [-0.2, -0.15) is 15.2 Å². The number of carbonyl (C=O) groups is 1. The molecular weight excluding hydrogens is 655 g/mol. The number of aromatic nitrogens is 4. The molecular formula is C31H36F2N5O9P. The summed E-state index contributed by atoms with van der Waals surface area (Å²) in [6.45, 7) is 1.16. The molecule has 1 fully saturated rings. The highest BCUT2D eigenvalue weighted by Gasteiger charge is 2.54. The van der Waals surface area contributed by atoms with E-state index in [1.54, 1.807) is 18.2 Å². The van der Waals surface area contributed by atoms with Gasteiger partial charge in [-0.15, -0.1) is 0 Å². The molecule has 0 radical (unpaired) electrons. The van der Waals surface area contributed by atoms with Crippen molar-refractivity contribution in [2.75, 3.05) is 19.8 Å². The van der Waals surface area contributed by atoms with Crippen molar-refractivity contribution in [3.05, 3.63) is 60.7 Å². The number of aliphatic hydroxyl groups excluding tert-OH is 1. The lowest BCUT2D eigenvalue weighted by Gasteiger charge is -2.26. The minimum absolute atomic E-state index is 0.00711. The standard InChI is InChI=1S/C31H36F2N5O9P/c1-19-29(40)43-13-7-3-6-12-31(32,33)17-44-28-27-34-15-23(38(27)36-18-35-28)26-30(2,41)25(39)24(46-26)16-45-48(42,37-19)47-22-11-10-20-8-4-5-9-21(20)14-22/h4-5,8-11,14-15,18-19,24-26,39,41H,3,6-7,12-13,16-17H2,1-2H3,(H,37,42)/t19-,24-,25-,26+,30-,48?/m1/s1. The molecule has 14 nitrogen and oxygen atoms in total. The van der Waals surface area contributed by atoms with E-state index in [1.807, 2.05) is 24.3 Å². The number of ether oxygens (including phenoxy) is 3. The molecule has 1 saturated heterocycles. The smallest absolute Gasteiger partial charge is 0.459 e. The fourth-order valence-corrected chi connectivity index (χ4v) is 7.13. The Morgan fingerprint density at radius 2 is 1.90 bits per heavy atom. The van der Waals surface area contributed by atoms with Crippen LogP contribution in [0, 0.1) is 0 Å². The fourth-order valence-electron chi connectivity index (χ4n) is 5.63. The van der Waals surface area contributed by atoms with Gasteiger partial charge >= 0.3 is 13.7 Å². The highest BCUT2D eigenvalue weighted by Crippen LogP contribution is 2.48. The zero-order valence-corrected chi connectivity index (χ0v) is 27.1. The third kappa shape index (κ3) is 7.28. The maximum absolute atomic E-state index is 14.7. The number of alkyl halides is 2. The lowest BCUT2D eigenvalue weighted by molar-refractivity contribution is -0.145. The number of hydrogen-bond donors (Lipinski definition) is 3. The number of nitrogens with one attached hydrogen (secondary N) is 1. The van der Waals surface area contributed by atoms with Gasteiger partial charge in [-0.1, -0.05) is 30.3 Å². The summed E-state index contributed by atoms with van der Waals surface area (Å²) in [5.74, 6) is -4.00. The highest BCUT2D eigenvalue weighted by atomic mass is 31.2. The molecule has 4 aromatic rings. The first kappa shape index (κ1) is 34.1. The van der Waals surface area contributed by atoms with Gasteiger partial charge in [0.15, 0.2) is 6.61 Å². The molecule has 17 heteroatoms. The van der Waals surface area contributed by atoms with E-state index >= 15 is 0 Å². The molecule has 6 rings (SSSR count). The predicted molar refractivity (Wildman–Crippen MR) is 166 cm³/mol. The number of fused-ring (bicyclic) bond motifs is 4. The average molecular weight is 692 g/mol. The van der Waals surface area contributed by atoms with E-state index < -0.39 is 69.2 Å². The van der Waals surface area contributed by atoms with Crippen LogP contribution in [0.15, 0.2) is 55.0 Å². The zero-order chi connectivity index (χ0) is 34.1. The molecule has 0 saturated carbocycles. The SMILES string of the molecule is C[C@H]1NP(=O)(Oc2ccc3ccccc3c2)OC[C@H]2O[C@@H](c3cnc4c(ncnn34)OCC(F)(F)CCCCCOC1=O)[C@](C)(O)[C@@H]2O. The molecule has 2 aliphatic heterocycles. The van der Waals surface area contributed by atoms with Crippen molar-refractivity contribution >= 4 is 30.1 Å². The molecule has 48 heavy (non-hydrogen) atoms. The predicted octanol–water partition coefficient (Wildman–Crippen LogP) is 4.14. The van der Waals surface area contributed by atoms with E-state index in [0.29, 0.717) is 12.8 Å². The van der Waals surface area contributed by atoms with Crippen LogP contribution in [0.3, 0.4) is 0 Å². The van der Waals surface area contributed by atoms with E-state index in [2.05, 4.69) is 20.2 Å². The van der Waals surface area contributed by atoms with Crippen LogP contribution < -0.4 is 14.3 Å². The van der Waals surface area contributed by atoms with Crippen LogP contribution in [0.5, 0.6) is 11.6 Å². The first-order chi connectivity index (χ1) is 22.9. The summed E-state index contributed by atoms with van der Waals surface area (Å²) in [6, 6.07) is 11.3. The van der Waals surface area contributed by atoms with Crippen LogP contribution >= 0.6 is 7.75 Å². The maximum Gasteiger partial charge on any atom is 0.459 e. The second-order valence-electron chi connectivity index (χ2n) is 12.1. The number of imidazole rings is 1. The topological polar surface area (TPSA) is 176 Å². The van der Waals surface area contributed by atoms with Gasteiger partial charge in [-0.3, -0.25) is 9.32 Å². The molecule has 6 atom stereocenters. The molecule has 2 aromatic carbocycles. The van der Waals surface area contributed by atoms with Gasteiger partial charge < -0.3 is 28.9 Å². The van der Waals surface area contributed by atoms with Crippen molar-refractivity contribution in [2.24, 2.45) is 0 Å². The molecule has 2 aliphatic rings. The quantitative estimate of drug-likeness (QED) is 0.202. The summed E-state index contributed by atoms with van der Waals surface area (Å²) in [4.78, 5) is 21.0. The summed E-state index contributed by atoms with van der Waals surface area (Å²) >= 11 is 0. The first-order valence-electron chi connectivity index (χ1n) is 15.5. The van der Waals surface area contributed by atoms with Gasteiger partial charge in [0.2, 0.25) is 5.65 Å². The first-order valence-corrected chi connectivity index (χ1v) is 17.0. The Morgan fingerprint density at radius 3 is 2.71 bits per heavy atom. The Hall–Kier alpha value is -3.79. The lowest BCUT2D eigenvalue weighted by atomic mass is 9.91. The third-order valence-corrected chi connectivity index (χ3v) is 9.91. The number of carbonyl (C=O) groups excluding carboxylic acids is 1. The number of benzene rings is 2. The van der Waals surface area contributed by atoms with Gasteiger partial charge in [0.25, 0.3) is 11.8 Å². The van der Waals surface area contributed by atoms with Crippen molar-refractivity contribution in [2.45, 2.75) is 75.4 Å². The number of halogens is 2. The van der Waals surface area contributed by atoms with Crippen molar-refractivity contribution in [3.63, 3.8) is 0 Å². The van der Waals surface area contributed by atoms with Crippen LogP contribution in [0.1, 0.15) is 51.3 Å². The highest BCUT2D eigenvalue weighted by molar-refractivity contribution is 7.52. The summed E-state index contributed by atoms with van der Waals surface area (Å²) in [7, 11) is -4.40. The Kier molecular flexibility index (Phi) is 9.67. The molecule has 2 aromatic heterocycles. The van der Waals surface area contributed by atoms with E-state index in [9.17, 15) is 28.4 Å². The van der Waals surface area contributed by atoms with Crippen LogP contribution in [0.2, 0.25) is 0 Å². The Morgan fingerprint density at radius 1 is 1.10 bits per heavy atom. The van der Waals surface area contributed by atoms with Crippen molar-refractivity contribution in [1.29, 1.82) is 0 Å². The third-order valence-electron chi connectivity index (χ3n) is 8.27. The molecule has 3 N–H and O–H groups in total. The molecule has 4 heterocycles. The molecule has 1 unspecified atom stereocenters. The van der Waals surface area contributed by atoms with Crippen molar-refractivity contribution < 1.29 is 51.6 Å². The van der Waals surface area contributed by atoms with Crippen molar-refractivity contribution in [3.8, 4) is 11.6 Å². The van der Waals surface area contributed by atoms with Crippen molar-refractivity contribution in [1.82, 2.24) is 24.7 Å². The lowest BCUT2D eigenvalue weighted by Crippen LogP contribution is -2.43. The molecule has 0 spiro atoms. The second kappa shape index (κ2) is 13.6. The number of esters is 1. The van der Waals surface area contributed by atoms with Crippen LogP contribution in [0.25, 0.3) is 16.4 Å². The Labute approximate surface area is 273 Å². The monoisotopic (exact) mass is 691 g/mol. The van der Waals surface area contributed by atoms with E-state index in [4.69, 9.17) is 23.3 Å². The fraction of sp³-hybridized carbons (Fsp3) is 0.484. The van der Waals surface area contributed by atoms with Crippen LogP contribution in [-0.2, 0) is 23.4 Å². The van der Waals surface area contributed by atoms with Gasteiger partial charge in [0.05, 0.1) is 25.1 Å². The summed E-state index contributed by atoms with van der Waals surface area (Å²) in [5, 5.41) is 31.0. The van der Waals surface area contributed by atoms with E-state index in [-0.39, 0.29) is 36.0 Å². The number of aliphatic hydroxyl groups is 2. The number of hydrogen-bond acceptors (Lipinski definition) is 12. The minimum Gasteiger partial charge on any atom is -0.469 e. The largest absolute Gasteiger partial charge is 0.469 e. The zero-order valence-electron chi connectivity index (χ0n) is 26.2. The number of nitrogens with zero attached hydrogens (tertiary/aromatic N) is 4. The summed E-state index contributed by atoms with van der Waals surface area (Å²) < 4.78 is 73.0. The maximum atomic E-state index is 14.7. The molecule has 0 aliphatic carbocycles. The second-order valence-corrected chi connectivity index (χ2v) is 13.8. The minimum atomic E-state index is -4.40. The Balaban J connectivity index is 1.30. The van der Waals surface area contributed by atoms with E-state index in [0.717, 1.165) is 17.1 Å².